The highest BCUT2D eigenvalue weighted by Gasteiger charge is 2.21. The number of hydrogen-bond donors (Lipinski definition) is 2. The van der Waals surface area contributed by atoms with Crippen molar-refractivity contribution in [3.8, 4) is 5.75 Å². The summed E-state index contributed by atoms with van der Waals surface area (Å²) in [5.41, 5.74) is 1.97. The zero-order chi connectivity index (χ0) is 16.1. The Bertz CT molecular complexity index is 566. The van der Waals surface area contributed by atoms with E-state index < -0.39 is 0 Å². The number of piperidine rings is 1. The highest BCUT2D eigenvalue weighted by atomic mass is 16.5. The summed E-state index contributed by atoms with van der Waals surface area (Å²) in [6, 6.07) is 3.16. The summed E-state index contributed by atoms with van der Waals surface area (Å²) in [6.45, 7) is 3.46. The molecule has 22 heavy (non-hydrogen) atoms. The van der Waals surface area contributed by atoms with Gasteiger partial charge in [-0.25, -0.2) is 4.79 Å². The fraction of sp³-hybridized carbons (Fsp3) is 0.500. The number of rotatable bonds is 3. The van der Waals surface area contributed by atoms with Gasteiger partial charge >= 0.3 is 6.03 Å². The molecule has 1 saturated heterocycles. The van der Waals surface area contributed by atoms with Gasteiger partial charge in [0.2, 0.25) is 0 Å². The van der Waals surface area contributed by atoms with E-state index in [0.717, 1.165) is 31.5 Å². The van der Waals surface area contributed by atoms with Gasteiger partial charge in [-0.3, -0.25) is 4.79 Å². The molecule has 0 atom stereocenters. The SMILES string of the molecule is CNC(=O)Nc1c(C)cc(C(=O)N2CCCCC2)cc1OC. The van der Waals surface area contributed by atoms with Crippen molar-refractivity contribution in [2.75, 3.05) is 32.6 Å². The second kappa shape index (κ2) is 7.15. The summed E-state index contributed by atoms with van der Waals surface area (Å²) in [7, 11) is 3.07. The van der Waals surface area contributed by atoms with E-state index in [2.05, 4.69) is 10.6 Å². The molecule has 2 N–H and O–H groups in total. The number of likely N-dealkylation sites (tertiary alicyclic amines) is 1. The van der Waals surface area contributed by atoms with E-state index >= 15 is 0 Å². The van der Waals surface area contributed by atoms with Crippen LogP contribution in [0, 0.1) is 6.92 Å². The summed E-state index contributed by atoms with van der Waals surface area (Å²) in [5, 5.41) is 5.23. The molecule has 0 spiro atoms. The normalized spacial score (nSPS) is 14.4. The predicted octanol–water partition coefficient (Wildman–Crippen LogP) is 2.38. The Labute approximate surface area is 130 Å². The molecule has 3 amide bonds. The molecule has 0 aliphatic carbocycles. The summed E-state index contributed by atoms with van der Waals surface area (Å²) < 4.78 is 5.34. The fourth-order valence-corrected chi connectivity index (χ4v) is 2.66. The number of aryl methyl sites for hydroxylation is 1. The third-order valence-electron chi connectivity index (χ3n) is 3.88. The molecular weight excluding hydrogens is 282 g/mol. The molecule has 1 aromatic carbocycles. The van der Waals surface area contributed by atoms with Crippen molar-refractivity contribution in [1.82, 2.24) is 10.2 Å². The quantitative estimate of drug-likeness (QED) is 0.900. The molecule has 1 heterocycles. The lowest BCUT2D eigenvalue weighted by molar-refractivity contribution is 0.0724. The average molecular weight is 305 g/mol. The van der Waals surface area contributed by atoms with Gasteiger partial charge in [-0.05, 0) is 43.9 Å². The lowest BCUT2D eigenvalue weighted by Crippen LogP contribution is -2.35. The van der Waals surface area contributed by atoms with Crippen molar-refractivity contribution in [3.05, 3.63) is 23.3 Å². The molecule has 0 unspecified atom stereocenters. The molecule has 0 radical (unpaired) electrons. The molecular formula is C16H23N3O3. The minimum absolute atomic E-state index is 0.0209. The molecule has 6 nitrogen and oxygen atoms in total. The van der Waals surface area contributed by atoms with Gasteiger partial charge < -0.3 is 20.3 Å². The van der Waals surface area contributed by atoms with Crippen LogP contribution in [0.15, 0.2) is 12.1 Å². The van der Waals surface area contributed by atoms with Crippen LogP contribution in [0.2, 0.25) is 0 Å². The number of hydrogen-bond acceptors (Lipinski definition) is 3. The number of amides is 3. The smallest absolute Gasteiger partial charge is 0.319 e. The lowest BCUT2D eigenvalue weighted by Gasteiger charge is -2.27. The number of carbonyl (C=O) groups is 2. The molecule has 1 aliphatic rings. The van der Waals surface area contributed by atoms with Gasteiger partial charge in [-0.1, -0.05) is 0 Å². The van der Waals surface area contributed by atoms with Crippen LogP contribution in [0.1, 0.15) is 35.2 Å². The van der Waals surface area contributed by atoms with Crippen LogP contribution >= 0.6 is 0 Å². The molecule has 120 valence electrons. The number of anilines is 1. The maximum atomic E-state index is 12.6. The average Bonchev–Trinajstić information content (AvgIpc) is 2.56. The molecule has 2 rings (SSSR count). The van der Waals surface area contributed by atoms with E-state index in [1.54, 1.807) is 19.2 Å². The zero-order valence-corrected chi connectivity index (χ0v) is 13.4. The van der Waals surface area contributed by atoms with E-state index in [4.69, 9.17) is 4.74 Å². The monoisotopic (exact) mass is 305 g/mol. The number of methoxy groups -OCH3 is 1. The predicted molar refractivity (Wildman–Crippen MR) is 85.6 cm³/mol. The minimum Gasteiger partial charge on any atom is -0.495 e. The molecule has 0 saturated carbocycles. The topological polar surface area (TPSA) is 70.7 Å². The van der Waals surface area contributed by atoms with Crippen molar-refractivity contribution in [1.29, 1.82) is 0 Å². The largest absolute Gasteiger partial charge is 0.495 e. The Morgan fingerprint density at radius 1 is 1.18 bits per heavy atom. The van der Waals surface area contributed by atoms with Gasteiger partial charge in [0.1, 0.15) is 5.75 Å². The van der Waals surface area contributed by atoms with E-state index in [-0.39, 0.29) is 11.9 Å². The van der Waals surface area contributed by atoms with Crippen molar-refractivity contribution in [2.24, 2.45) is 0 Å². The first-order valence-electron chi connectivity index (χ1n) is 7.53. The van der Waals surface area contributed by atoms with Gasteiger partial charge in [-0.2, -0.15) is 0 Å². The third kappa shape index (κ3) is 3.50. The highest BCUT2D eigenvalue weighted by Crippen LogP contribution is 2.30. The standard InChI is InChI=1S/C16H23N3O3/c1-11-9-12(15(20)19-7-5-4-6-8-19)10-13(22-3)14(11)18-16(21)17-2/h9-10H,4-8H2,1-3H3,(H2,17,18,21). The summed E-state index contributed by atoms with van der Waals surface area (Å²) in [6.07, 6.45) is 3.29. The Morgan fingerprint density at radius 2 is 1.86 bits per heavy atom. The maximum Gasteiger partial charge on any atom is 0.319 e. The van der Waals surface area contributed by atoms with Gasteiger partial charge in [0.15, 0.2) is 0 Å². The number of carbonyl (C=O) groups excluding carboxylic acids is 2. The van der Waals surface area contributed by atoms with Crippen molar-refractivity contribution in [2.45, 2.75) is 26.2 Å². The minimum atomic E-state index is -0.323. The van der Waals surface area contributed by atoms with Crippen LogP contribution in [0.5, 0.6) is 5.75 Å². The van der Waals surface area contributed by atoms with Gasteiger partial charge in [0.25, 0.3) is 5.91 Å². The Morgan fingerprint density at radius 3 is 2.45 bits per heavy atom. The summed E-state index contributed by atoms with van der Waals surface area (Å²) >= 11 is 0. The molecule has 6 heteroatoms. The first-order valence-corrected chi connectivity index (χ1v) is 7.53. The van der Waals surface area contributed by atoms with Crippen molar-refractivity contribution >= 4 is 17.6 Å². The summed E-state index contributed by atoms with van der Waals surface area (Å²) in [5.74, 6) is 0.511. The van der Waals surface area contributed by atoms with Crippen LogP contribution in [-0.4, -0.2) is 44.1 Å². The first kappa shape index (κ1) is 16.1. The fourth-order valence-electron chi connectivity index (χ4n) is 2.66. The number of ether oxygens (including phenoxy) is 1. The Kier molecular flexibility index (Phi) is 5.25. The first-order chi connectivity index (χ1) is 10.6. The van der Waals surface area contributed by atoms with E-state index in [1.807, 2.05) is 11.8 Å². The van der Waals surface area contributed by atoms with E-state index in [0.29, 0.717) is 17.0 Å². The molecule has 1 aromatic rings. The lowest BCUT2D eigenvalue weighted by atomic mass is 10.1. The van der Waals surface area contributed by atoms with Gasteiger partial charge in [0.05, 0.1) is 12.8 Å². The third-order valence-corrected chi connectivity index (χ3v) is 3.88. The zero-order valence-electron chi connectivity index (χ0n) is 13.4. The number of urea groups is 1. The molecule has 1 fully saturated rings. The van der Waals surface area contributed by atoms with Gasteiger partial charge in [0, 0.05) is 25.7 Å². The van der Waals surface area contributed by atoms with E-state index in [1.165, 1.54) is 13.5 Å². The molecule has 1 aliphatic heterocycles. The van der Waals surface area contributed by atoms with Crippen LogP contribution in [0.4, 0.5) is 10.5 Å². The van der Waals surface area contributed by atoms with Crippen LogP contribution < -0.4 is 15.4 Å². The maximum absolute atomic E-state index is 12.6. The van der Waals surface area contributed by atoms with E-state index in [9.17, 15) is 9.59 Å². The van der Waals surface area contributed by atoms with Gasteiger partial charge in [-0.15, -0.1) is 0 Å². The van der Waals surface area contributed by atoms with Crippen molar-refractivity contribution < 1.29 is 14.3 Å². The molecule has 0 bridgehead atoms. The highest BCUT2D eigenvalue weighted by molar-refractivity contribution is 5.98. The van der Waals surface area contributed by atoms with Crippen LogP contribution in [0.3, 0.4) is 0 Å². The van der Waals surface area contributed by atoms with Crippen LogP contribution in [0.25, 0.3) is 0 Å². The number of benzene rings is 1. The number of nitrogens with one attached hydrogen (secondary N) is 2. The van der Waals surface area contributed by atoms with Crippen LogP contribution in [-0.2, 0) is 0 Å². The molecule has 0 aromatic heterocycles. The second-order valence-corrected chi connectivity index (χ2v) is 5.43. The summed E-state index contributed by atoms with van der Waals surface area (Å²) in [4.78, 5) is 26.0. The Hall–Kier alpha value is -2.24. The Balaban J connectivity index is 2.28. The second-order valence-electron chi connectivity index (χ2n) is 5.43. The van der Waals surface area contributed by atoms with Crippen molar-refractivity contribution in [3.63, 3.8) is 0 Å². The number of nitrogens with zero attached hydrogens (tertiary/aromatic N) is 1.